The first kappa shape index (κ1) is 20.2. The Balaban J connectivity index is 1.58. The van der Waals surface area contributed by atoms with Gasteiger partial charge in [0.1, 0.15) is 17.3 Å². The number of carbonyl (C=O) groups excluding carboxylic acids is 1. The van der Waals surface area contributed by atoms with E-state index in [0.29, 0.717) is 12.5 Å². The normalized spacial score (nSPS) is 16.0. The fourth-order valence-electron chi connectivity index (χ4n) is 5.20. The van der Waals surface area contributed by atoms with Crippen LogP contribution in [-0.2, 0) is 24.9 Å². The summed E-state index contributed by atoms with van der Waals surface area (Å²) in [6.45, 7) is 9.81. The van der Waals surface area contributed by atoms with Crippen molar-refractivity contribution in [1.29, 1.82) is 0 Å². The van der Waals surface area contributed by atoms with Gasteiger partial charge in [-0.3, -0.25) is 9.48 Å². The van der Waals surface area contributed by atoms with Gasteiger partial charge in [0.15, 0.2) is 0 Å². The zero-order chi connectivity index (χ0) is 23.0. The summed E-state index contributed by atoms with van der Waals surface area (Å²) in [6, 6.07) is 4.40. The third-order valence-electron chi connectivity index (χ3n) is 7.15. The van der Waals surface area contributed by atoms with Crippen LogP contribution in [0.3, 0.4) is 0 Å². The lowest BCUT2D eigenvalue weighted by Gasteiger charge is -2.28. The minimum Gasteiger partial charge on any atom is -0.361 e. The standard InChI is InChI=1S/C25H28N6O2/c1-13-10-20-19(24(27-29(20)5)22-14(2)28-33-15(22)3)11-18(13)23-21-12-30(16(4)32)8-9-31(21)25(26-23)17-6-7-17/h10-11,17H,6-9,12H2,1-5H3. The molecule has 1 aliphatic carbocycles. The molecule has 0 N–H and O–H groups in total. The highest BCUT2D eigenvalue weighted by Crippen LogP contribution is 2.44. The summed E-state index contributed by atoms with van der Waals surface area (Å²) in [7, 11) is 1.97. The summed E-state index contributed by atoms with van der Waals surface area (Å²) in [6.07, 6.45) is 2.40. The van der Waals surface area contributed by atoms with Gasteiger partial charge in [0.05, 0.1) is 34.7 Å². The number of hydrogen-bond donors (Lipinski definition) is 0. The first-order valence-electron chi connectivity index (χ1n) is 11.6. The van der Waals surface area contributed by atoms with Gasteiger partial charge in [0.25, 0.3) is 0 Å². The van der Waals surface area contributed by atoms with Crippen molar-refractivity contribution in [3.63, 3.8) is 0 Å². The SMILES string of the molecule is CC(=O)N1CCn2c(C3CC3)nc(-c3cc4c(-c5c(C)noc5C)nn(C)c4cc3C)c2C1. The lowest BCUT2D eigenvalue weighted by atomic mass is 9.98. The van der Waals surface area contributed by atoms with E-state index in [1.807, 2.05) is 30.5 Å². The first-order chi connectivity index (χ1) is 15.8. The van der Waals surface area contributed by atoms with Crippen LogP contribution in [0.5, 0.6) is 0 Å². The van der Waals surface area contributed by atoms with Gasteiger partial charge in [-0.1, -0.05) is 5.16 Å². The number of nitrogens with zero attached hydrogens (tertiary/aromatic N) is 6. The predicted octanol–water partition coefficient (Wildman–Crippen LogP) is 4.26. The average molecular weight is 445 g/mol. The van der Waals surface area contributed by atoms with E-state index in [1.165, 1.54) is 18.7 Å². The highest BCUT2D eigenvalue weighted by Gasteiger charge is 2.34. The molecule has 0 bridgehead atoms. The van der Waals surface area contributed by atoms with Crippen molar-refractivity contribution >= 4 is 16.8 Å². The molecule has 6 rings (SSSR count). The molecular formula is C25H28N6O2. The topological polar surface area (TPSA) is 82.0 Å². The van der Waals surface area contributed by atoms with Crippen LogP contribution in [0, 0.1) is 20.8 Å². The Hall–Kier alpha value is -3.42. The molecule has 1 aliphatic heterocycles. The van der Waals surface area contributed by atoms with Gasteiger partial charge >= 0.3 is 0 Å². The summed E-state index contributed by atoms with van der Waals surface area (Å²) >= 11 is 0. The van der Waals surface area contributed by atoms with E-state index in [4.69, 9.17) is 14.6 Å². The number of imidazole rings is 1. The molecule has 2 aliphatic rings. The molecule has 1 aromatic carbocycles. The molecule has 4 aromatic rings. The summed E-state index contributed by atoms with van der Waals surface area (Å²) in [5.74, 6) is 2.60. The number of hydrogen-bond acceptors (Lipinski definition) is 5. The van der Waals surface area contributed by atoms with Crippen LogP contribution in [0.2, 0.25) is 0 Å². The Morgan fingerprint density at radius 3 is 2.58 bits per heavy atom. The molecule has 33 heavy (non-hydrogen) atoms. The number of aryl methyl sites for hydroxylation is 4. The van der Waals surface area contributed by atoms with Crippen molar-refractivity contribution in [3.05, 3.63) is 40.7 Å². The van der Waals surface area contributed by atoms with Gasteiger partial charge in [-0.15, -0.1) is 0 Å². The van der Waals surface area contributed by atoms with Gasteiger partial charge in [-0.25, -0.2) is 4.98 Å². The second-order valence-electron chi connectivity index (χ2n) is 9.49. The van der Waals surface area contributed by atoms with Gasteiger partial charge in [0, 0.05) is 43.9 Å². The molecule has 170 valence electrons. The molecule has 1 saturated carbocycles. The molecule has 1 fully saturated rings. The van der Waals surface area contributed by atoms with Crippen molar-refractivity contribution < 1.29 is 9.32 Å². The van der Waals surface area contributed by atoms with E-state index in [1.54, 1.807) is 6.92 Å². The van der Waals surface area contributed by atoms with Crippen LogP contribution in [0.4, 0.5) is 0 Å². The lowest BCUT2D eigenvalue weighted by Crippen LogP contribution is -2.37. The van der Waals surface area contributed by atoms with Gasteiger partial charge in [-0.2, -0.15) is 5.10 Å². The Bertz CT molecular complexity index is 1420. The summed E-state index contributed by atoms with van der Waals surface area (Å²) < 4.78 is 9.73. The fourth-order valence-corrected chi connectivity index (χ4v) is 5.20. The van der Waals surface area contributed by atoms with E-state index in [0.717, 1.165) is 69.2 Å². The van der Waals surface area contributed by atoms with Crippen LogP contribution in [-0.4, -0.2) is 41.8 Å². The molecule has 0 spiro atoms. The number of amides is 1. The molecule has 3 aromatic heterocycles. The monoisotopic (exact) mass is 444 g/mol. The van der Waals surface area contributed by atoms with E-state index in [2.05, 4.69) is 28.8 Å². The van der Waals surface area contributed by atoms with Crippen molar-refractivity contribution in [2.75, 3.05) is 6.54 Å². The quantitative estimate of drug-likeness (QED) is 0.472. The van der Waals surface area contributed by atoms with E-state index < -0.39 is 0 Å². The Labute approximate surface area is 192 Å². The lowest BCUT2D eigenvalue weighted by molar-refractivity contribution is -0.130. The summed E-state index contributed by atoms with van der Waals surface area (Å²) in [5, 5.41) is 10.0. The number of aromatic nitrogens is 5. The minimum absolute atomic E-state index is 0.112. The van der Waals surface area contributed by atoms with E-state index >= 15 is 0 Å². The maximum Gasteiger partial charge on any atom is 0.219 e. The first-order valence-corrected chi connectivity index (χ1v) is 11.6. The molecule has 0 saturated heterocycles. The predicted molar refractivity (Wildman–Crippen MR) is 125 cm³/mol. The molecule has 0 radical (unpaired) electrons. The third kappa shape index (κ3) is 3.03. The molecule has 8 heteroatoms. The van der Waals surface area contributed by atoms with Gasteiger partial charge in [0.2, 0.25) is 5.91 Å². The zero-order valence-electron chi connectivity index (χ0n) is 19.8. The molecule has 4 heterocycles. The summed E-state index contributed by atoms with van der Waals surface area (Å²) in [4.78, 5) is 19.3. The van der Waals surface area contributed by atoms with Crippen LogP contribution in [0.25, 0.3) is 33.4 Å². The Morgan fingerprint density at radius 1 is 1.12 bits per heavy atom. The smallest absolute Gasteiger partial charge is 0.219 e. The molecule has 8 nitrogen and oxygen atoms in total. The number of rotatable bonds is 3. The second-order valence-corrected chi connectivity index (χ2v) is 9.49. The number of benzene rings is 1. The largest absolute Gasteiger partial charge is 0.361 e. The minimum atomic E-state index is 0.112. The maximum absolute atomic E-state index is 12.2. The summed E-state index contributed by atoms with van der Waals surface area (Å²) in [5.41, 5.74) is 8.12. The molecule has 1 amide bonds. The molecule has 0 atom stereocenters. The van der Waals surface area contributed by atoms with Crippen molar-refractivity contribution in [2.45, 2.75) is 59.5 Å². The van der Waals surface area contributed by atoms with Crippen molar-refractivity contribution in [2.24, 2.45) is 7.05 Å². The average Bonchev–Trinajstić information content (AvgIpc) is 3.39. The molecule has 0 unspecified atom stereocenters. The van der Waals surface area contributed by atoms with E-state index in [-0.39, 0.29) is 5.91 Å². The van der Waals surface area contributed by atoms with Crippen LogP contribution in [0.15, 0.2) is 16.7 Å². The van der Waals surface area contributed by atoms with Crippen LogP contribution in [0.1, 0.15) is 54.2 Å². The number of fused-ring (bicyclic) bond motifs is 2. The van der Waals surface area contributed by atoms with E-state index in [9.17, 15) is 4.79 Å². The second kappa shape index (κ2) is 7.04. The van der Waals surface area contributed by atoms with Crippen molar-refractivity contribution in [3.8, 4) is 22.5 Å². The number of carbonyl (C=O) groups is 1. The Kier molecular flexibility index (Phi) is 4.31. The van der Waals surface area contributed by atoms with Gasteiger partial charge < -0.3 is 14.0 Å². The van der Waals surface area contributed by atoms with Crippen LogP contribution < -0.4 is 0 Å². The van der Waals surface area contributed by atoms with Gasteiger partial charge in [-0.05, 0) is 51.3 Å². The maximum atomic E-state index is 12.2. The third-order valence-corrected chi connectivity index (χ3v) is 7.15. The highest BCUT2D eigenvalue weighted by molar-refractivity contribution is 5.97. The fraction of sp³-hybridized carbons (Fsp3) is 0.440. The highest BCUT2D eigenvalue weighted by atomic mass is 16.5. The zero-order valence-corrected chi connectivity index (χ0v) is 19.8. The molecular weight excluding hydrogens is 416 g/mol. The van der Waals surface area contributed by atoms with Crippen LogP contribution >= 0.6 is 0 Å². The Morgan fingerprint density at radius 2 is 1.91 bits per heavy atom. The van der Waals surface area contributed by atoms with Crippen molar-refractivity contribution in [1.82, 2.24) is 29.4 Å².